The van der Waals surface area contributed by atoms with E-state index in [-0.39, 0.29) is 5.82 Å². The first-order valence-electron chi connectivity index (χ1n) is 6.65. The number of aromatic nitrogens is 4. The standard InChI is InChI=1S/C14H14ClFN4S/c1-3-4-10-12-13(19(2)18-10)20(14(21)17-12)11-6-5-8(16)7-9(11)15/h5-7H,3-4H2,1-2H3,(H,17,21). The van der Waals surface area contributed by atoms with Gasteiger partial charge in [0.1, 0.15) is 11.3 Å². The van der Waals surface area contributed by atoms with E-state index in [0.29, 0.717) is 15.5 Å². The lowest BCUT2D eigenvalue weighted by atomic mass is 10.2. The lowest BCUT2D eigenvalue weighted by Gasteiger charge is -2.07. The van der Waals surface area contributed by atoms with E-state index < -0.39 is 0 Å². The number of aryl methyl sites for hydroxylation is 2. The second-order valence-corrected chi connectivity index (χ2v) is 5.67. The summed E-state index contributed by atoms with van der Waals surface area (Å²) in [6.45, 7) is 2.10. The van der Waals surface area contributed by atoms with Crippen LogP contribution in [-0.2, 0) is 13.5 Å². The number of hydrogen-bond acceptors (Lipinski definition) is 2. The Kier molecular flexibility index (Phi) is 3.59. The van der Waals surface area contributed by atoms with Crippen molar-refractivity contribution in [2.75, 3.05) is 0 Å². The highest BCUT2D eigenvalue weighted by Crippen LogP contribution is 2.27. The monoisotopic (exact) mass is 324 g/mol. The number of halogens is 2. The number of hydrogen-bond donors (Lipinski definition) is 1. The Morgan fingerprint density at radius 3 is 2.86 bits per heavy atom. The maximum Gasteiger partial charge on any atom is 0.184 e. The predicted octanol–water partition coefficient (Wildman–Crippen LogP) is 4.17. The topological polar surface area (TPSA) is 38.5 Å². The maximum absolute atomic E-state index is 13.2. The molecule has 21 heavy (non-hydrogen) atoms. The summed E-state index contributed by atoms with van der Waals surface area (Å²) < 4.78 is 17.3. The lowest BCUT2D eigenvalue weighted by Crippen LogP contribution is -2.02. The molecule has 0 atom stereocenters. The van der Waals surface area contributed by atoms with Gasteiger partial charge in [-0.05, 0) is 36.8 Å². The van der Waals surface area contributed by atoms with Gasteiger partial charge in [0, 0.05) is 7.05 Å². The highest BCUT2D eigenvalue weighted by Gasteiger charge is 2.17. The van der Waals surface area contributed by atoms with E-state index in [2.05, 4.69) is 17.0 Å². The van der Waals surface area contributed by atoms with Crippen molar-refractivity contribution < 1.29 is 4.39 Å². The molecule has 1 N–H and O–H groups in total. The Morgan fingerprint density at radius 2 is 2.19 bits per heavy atom. The van der Waals surface area contributed by atoms with Crippen LogP contribution in [-0.4, -0.2) is 19.3 Å². The van der Waals surface area contributed by atoms with Gasteiger partial charge in [0.2, 0.25) is 0 Å². The molecule has 1 aromatic carbocycles. The molecule has 0 radical (unpaired) electrons. The third-order valence-corrected chi connectivity index (χ3v) is 3.96. The first-order chi connectivity index (χ1) is 10.0. The van der Waals surface area contributed by atoms with Crippen molar-refractivity contribution in [3.63, 3.8) is 0 Å². The molecule has 0 aliphatic heterocycles. The van der Waals surface area contributed by atoms with Crippen LogP contribution in [0.3, 0.4) is 0 Å². The summed E-state index contributed by atoms with van der Waals surface area (Å²) in [7, 11) is 1.86. The Hall–Kier alpha value is -1.66. The molecule has 4 nitrogen and oxygen atoms in total. The Morgan fingerprint density at radius 1 is 1.43 bits per heavy atom. The molecule has 7 heteroatoms. The highest BCUT2D eigenvalue weighted by molar-refractivity contribution is 7.71. The molecular weight excluding hydrogens is 311 g/mol. The summed E-state index contributed by atoms with van der Waals surface area (Å²) in [5.74, 6) is -0.376. The first kappa shape index (κ1) is 14.3. The summed E-state index contributed by atoms with van der Waals surface area (Å²) in [5, 5.41) is 4.83. The molecule has 0 saturated carbocycles. The number of rotatable bonds is 3. The van der Waals surface area contributed by atoms with Gasteiger partial charge in [0.05, 0.1) is 16.4 Å². The third-order valence-electron chi connectivity index (χ3n) is 3.37. The van der Waals surface area contributed by atoms with Gasteiger partial charge in [-0.3, -0.25) is 4.57 Å². The fourth-order valence-electron chi connectivity index (χ4n) is 2.51. The van der Waals surface area contributed by atoms with Gasteiger partial charge < -0.3 is 4.98 Å². The summed E-state index contributed by atoms with van der Waals surface area (Å²) in [4.78, 5) is 3.18. The predicted molar refractivity (Wildman–Crippen MR) is 84.2 cm³/mol. The lowest BCUT2D eigenvalue weighted by molar-refractivity contribution is 0.627. The molecule has 2 aromatic heterocycles. The van der Waals surface area contributed by atoms with Gasteiger partial charge in [-0.15, -0.1) is 0 Å². The van der Waals surface area contributed by atoms with Crippen LogP contribution in [0, 0.1) is 10.6 Å². The van der Waals surface area contributed by atoms with E-state index in [9.17, 15) is 4.39 Å². The van der Waals surface area contributed by atoms with Crippen molar-refractivity contribution in [2.24, 2.45) is 7.05 Å². The van der Waals surface area contributed by atoms with E-state index in [1.165, 1.54) is 12.1 Å². The number of nitrogens with zero attached hydrogens (tertiary/aromatic N) is 3. The molecule has 0 bridgehead atoms. The average Bonchev–Trinajstić information content (AvgIpc) is 2.89. The number of benzene rings is 1. The molecule has 3 aromatic rings. The van der Waals surface area contributed by atoms with E-state index in [1.807, 2.05) is 7.05 Å². The minimum absolute atomic E-state index is 0.310. The molecule has 0 aliphatic carbocycles. The average molecular weight is 325 g/mol. The first-order valence-corrected chi connectivity index (χ1v) is 7.43. The van der Waals surface area contributed by atoms with Gasteiger partial charge in [-0.25, -0.2) is 9.07 Å². The van der Waals surface area contributed by atoms with E-state index in [4.69, 9.17) is 23.8 Å². The summed E-state index contributed by atoms with van der Waals surface area (Å²) in [6, 6.07) is 4.26. The summed E-state index contributed by atoms with van der Waals surface area (Å²) >= 11 is 11.6. The van der Waals surface area contributed by atoms with Crippen LogP contribution in [0.15, 0.2) is 18.2 Å². The van der Waals surface area contributed by atoms with Crippen LogP contribution in [0.1, 0.15) is 19.0 Å². The molecule has 110 valence electrons. The van der Waals surface area contributed by atoms with Crippen molar-refractivity contribution in [1.29, 1.82) is 0 Å². The number of imidazole rings is 1. The zero-order valence-corrected chi connectivity index (χ0v) is 13.2. The van der Waals surface area contributed by atoms with E-state index in [1.54, 1.807) is 15.3 Å². The third kappa shape index (κ3) is 2.28. The van der Waals surface area contributed by atoms with Crippen molar-refractivity contribution in [1.82, 2.24) is 19.3 Å². The van der Waals surface area contributed by atoms with Crippen LogP contribution >= 0.6 is 23.8 Å². The van der Waals surface area contributed by atoms with Gasteiger partial charge in [0.15, 0.2) is 10.4 Å². The fourth-order valence-corrected chi connectivity index (χ4v) is 3.05. The van der Waals surface area contributed by atoms with Crippen LogP contribution < -0.4 is 0 Å². The summed E-state index contributed by atoms with van der Waals surface area (Å²) in [6.07, 6.45) is 1.86. The van der Waals surface area contributed by atoms with Gasteiger partial charge in [0.25, 0.3) is 0 Å². The van der Waals surface area contributed by atoms with Gasteiger partial charge >= 0.3 is 0 Å². The van der Waals surface area contributed by atoms with Crippen LogP contribution in [0.2, 0.25) is 5.02 Å². The number of fused-ring (bicyclic) bond motifs is 1. The van der Waals surface area contributed by atoms with Crippen molar-refractivity contribution in [2.45, 2.75) is 19.8 Å². The minimum atomic E-state index is -0.376. The quantitative estimate of drug-likeness (QED) is 0.734. The SMILES string of the molecule is CCCc1nn(C)c2c1[nH]c(=S)n2-c1ccc(F)cc1Cl. The fraction of sp³-hybridized carbons (Fsp3) is 0.286. The Balaban J connectivity index is 2.32. The zero-order chi connectivity index (χ0) is 15.1. The molecule has 0 saturated heterocycles. The molecule has 0 unspecified atom stereocenters. The van der Waals surface area contributed by atoms with Crippen molar-refractivity contribution in [3.8, 4) is 5.69 Å². The molecule has 0 amide bonds. The number of nitrogens with one attached hydrogen (secondary N) is 1. The maximum atomic E-state index is 13.2. The zero-order valence-electron chi connectivity index (χ0n) is 11.7. The van der Waals surface area contributed by atoms with Gasteiger partial charge in [-0.1, -0.05) is 24.9 Å². The van der Waals surface area contributed by atoms with Crippen LogP contribution in [0.5, 0.6) is 0 Å². The normalized spacial score (nSPS) is 11.4. The molecule has 0 fully saturated rings. The van der Waals surface area contributed by atoms with E-state index in [0.717, 1.165) is 29.7 Å². The second-order valence-electron chi connectivity index (χ2n) is 4.88. The van der Waals surface area contributed by atoms with Crippen molar-refractivity contribution in [3.05, 3.63) is 39.5 Å². The molecule has 3 rings (SSSR count). The summed E-state index contributed by atoms with van der Waals surface area (Å²) in [5.41, 5.74) is 3.35. The number of H-pyrrole nitrogens is 1. The Labute approximate surface area is 131 Å². The molecule has 0 spiro atoms. The largest absolute Gasteiger partial charge is 0.327 e. The molecule has 0 aliphatic rings. The molecule has 2 heterocycles. The van der Waals surface area contributed by atoms with Gasteiger partial charge in [-0.2, -0.15) is 5.10 Å². The van der Waals surface area contributed by atoms with Crippen molar-refractivity contribution >= 4 is 35.0 Å². The molecular formula is C14H14ClFN4S. The van der Waals surface area contributed by atoms with Crippen LogP contribution in [0.4, 0.5) is 4.39 Å². The number of aromatic amines is 1. The van der Waals surface area contributed by atoms with Crippen LogP contribution in [0.25, 0.3) is 16.9 Å². The minimum Gasteiger partial charge on any atom is -0.327 e. The Bertz CT molecular complexity index is 877. The second kappa shape index (κ2) is 5.27. The highest BCUT2D eigenvalue weighted by atomic mass is 35.5. The van der Waals surface area contributed by atoms with E-state index >= 15 is 0 Å². The smallest absolute Gasteiger partial charge is 0.184 e.